The van der Waals surface area contributed by atoms with E-state index in [1.165, 1.54) is 27.9 Å². The Kier molecular flexibility index (Phi) is 12.0. The topological polar surface area (TPSA) is 41.6 Å². The van der Waals surface area contributed by atoms with Gasteiger partial charge in [-0.15, -0.1) is 0 Å². The van der Waals surface area contributed by atoms with Crippen molar-refractivity contribution < 1.29 is 0 Å². The van der Waals surface area contributed by atoms with E-state index in [4.69, 9.17) is 13.1 Å². The van der Waals surface area contributed by atoms with E-state index in [1.807, 2.05) is 13.1 Å². The number of hydrogen-bond donors (Lipinski definition) is 0. The van der Waals surface area contributed by atoms with Gasteiger partial charge in [-0.25, -0.2) is 4.98 Å². The molecule has 4 heteroatoms. The van der Waals surface area contributed by atoms with Crippen LogP contribution in [-0.4, -0.2) is 17.4 Å². The van der Waals surface area contributed by atoms with Gasteiger partial charge >= 0.3 is 0 Å². The second-order valence-electron chi connectivity index (χ2n) is 8.87. The van der Waals surface area contributed by atoms with Gasteiger partial charge in [-0.2, -0.15) is 5.26 Å². The number of aromatic nitrogens is 2. The van der Waals surface area contributed by atoms with Gasteiger partial charge in [-0.3, -0.25) is 0 Å². The van der Waals surface area contributed by atoms with Gasteiger partial charge in [0, 0.05) is 24.4 Å². The molecule has 0 aliphatic heterocycles. The Bertz CT molecular complexity index is 1020. The zero-order valence-corrected chi connectivity index (χ0v) is 21.2. The lowest BCUT2D eigenvalue weighted by Gasteiger charge is -2.20. The van der Waals surface area contributed by atoms with Crippen molar-refractivity contribution in [1.82, 2.24) is 9.55 Å². The summed E-state index contributed by atoms with van der Waals surface area (Å²) in [5, 5.41) is 8.67. The molecule has 0 amide bonds. The fourth-order valence-corrected chi connectivity index (χ4v) is 4.14. The monoisotopic (exact) mass is 451 g/mol. The lowest BCUT2D eigenvalue weighted by molar-refractivity contribution is 0.558. The van der Waals surface area contributed by atoms with Crippen LogP contribution in [0.2, 0.25) is 6.32 Å². The van der Waals surface area contributed by atoms with Crippen LogP contribution in [-0.2, 0) is 13.0 Å². The molecular formula is C30H38BN3. The first-order chi connectivity index (χ1) is 16.5. The van der Waals surface area contributed by atoms with E-state index in [0.29, 0.717) is 5.92 Å². The van der Waals surface area contributed by atoms with Crippen molar-refractivity contribution in [3.8, 4) is 6.07 Å². The summed E-state index contributed by atoms with van der Waals surface area (Å²) in [6.07, 6.45) is 13.0. The van der Waals surface area contributed by atoms with Crippen molar-refractivity contribution in [2.24, 2.45) is 5.92 Å². The Hall–Kier alpha value is -3.06. The molecule has 0 aliphatic carbocycles. The number of benzene rings is 2. The third-order valence-corrected chi connectivity index (χ3v) is 6.00. The molecule has 0 bridgehead atoms. The fourth-order valence-electron chi connectivity index (χ4n) is 4.14. The Balaban J connectivity index is 0.000000270. The summed E-state index contributed by atoms with van der Waals surface area (Å²) in [5.41, 5.74) is 6.79. The van der Waals surface area contributed by atoms with Gasteiger partial charge in [-0.05, 0) is 62.3 Å². The zero-order chi connectivity index (χ0) is 24.8. The third kappa shape index (κ3) is 8.38. The highest BCUT2D eigenvalue weighted by molar-refractivity contribution is 6.08. The molecule has 34 heavy (non-hydrogen) atoms. The first-order valence-electron chi connectivity index (χ1n) is 12.4. The number of nitrogens with zero attached hydrogens (tertiary/aromatic N) is 3. The van der Waals surface area contributed by atoms with Crippen LogP contribution < -0.4 is 0 Å². The van der Waals surface area contributed by atoms with Crippen LogP contribution in [0.15, 0.2) is 73.2 Å². The van der Waals surface area contributed by atoms with Crippen LogP contribution in [0.5, 0.6) is 0 Å². The lowest BCUT2D eigenvalue weighted by atomic mass is 9.84. The average Bonchev–Trinajstić information content (AvgIpc) is 3.27. The van der Waals surface area contributed by atoms with Crippen LogP contribution in [0.4, 0.5) is 0 Å². The van der Waals surface area contributed by atoms with Gasteiger partial charge in [0.1, 0.15) is 0 Å². The predicted molar refractivity (Wildman–Crippen MR) is 144 cm³/mol. The van der Waals surface area contributed by atoms with E-state index in [-0.39, 0.29) is 5.92 Å². The molecule has 0 saturated carbocycles. The molecule has 1 unspecified atom stereocenters. The summed E-state index contributed by atoms with van der Waals surface area (Å²) in [7, 11) is 5.56. The molecule has 3 nitrogen and oxygen atoms in total. The largest absolute Gasteiger partial charge is 0.333 e. The number of rotatable bonds is 10. The predicted octanol–water partition coefficient (Wildman–Crippen LogP) is 7.35. The molecule has 0 spiro atoms. The summed E-state index contributed by atoms with van der Waals surface area (Å²) in [6, 6.07) is 19.6. The zero-order valence-electron chi connectivity index (χ0n) is 21.2. The van der Waals surface area contributed by atoms with Gasteiger partial charge < -0.3 is 4.57 Å². The van der Waals surface area contributed by atoms with Crippen LogP contribution in [0.1, 0.15) is 67.0 Å². The molecule has 2 aromatic carbocycles. The second kappa shape index (κ2) is 15.0. The minimum atomic E-state index is 0.0600. The maximum Gasteiger partial charge on any atom is 0.0948 e. The molecule has 0 fully saturated rings. The summed E-state index contributed by atoms with van der Waals surface area (Å²) >= 11 is 0. The molecule has 2 radical (unpaired) electrons. The van der Waals surface area contributed by atoms with Crippen molar-refractivity contribution in [2.75, 3.05) is 0 Å². The second-order valence-corrected chi connectivity index (χ2v) is 8.87. The van der Waals surface area contributed by atoms with Crippen molar-refractivity contribution in [3.63, 3.8) is 0 Å². The van der Waals surface area contributed by atoms with E-state index in [1.54, 1.807) is 6.33 Å². The molecule has 0 N–H and O–H groups in total. The van der Waals surface area contributed by atoms with Crippen molar-refractivity contribution in [3.05, 3.63) is 101 Å². The minimum Gasteiger partial charge on any atom is -0.333 e. The van der Waals surface area contributed by atoms with Gasteiger partial charge in [-0.1, -0.05) is 80.3 Å². The summed E-state index contributed by atoms with van der Waals surface area (Å²) < 4.78 is 2.07. The van der Waals surface area contributed by atoms with E-state index in [9.17, 15) is 0 Å². The number of imidazole rings is 1. The molecule has 1 aromatic heterocycles. The van der Waals surface area contributed by atoms with Crippen molar-refractivity contribution in [2.45, 2.75) is 72.2 Å². The molecule has 0 aliphatic rings. The Labute approximate surface area is 208 Å². The van der Waals surface area contributed by atoms with Gasteiger partial charge in [0.05, 0.1) is 26.2 Å². The van der Waals surface area contributed by atoms with Crippen LogP contribution in [0.3, 0.4) is 0 Å². The number of allylic oxidation sites excluding steroid dienone is 2. The molecule has 176 valence electrons. The Morgan fingerprint density at radius 1 is 1.03 bits per heavy atom. The van der Waals surface area contributed by atoms with E-state index in [2.05, 4.69) is 97.1 Å². The normalized spacial score (nSPS) is 11.8. The molecule has 3 aromatic rings. The average molecular weight is 451 g/mol. The van der Waals surface area contributed by atoms with Gasteiger partial charge in [0.15, 0.2) is 0 Å². The smallest absolute Gasteiger partial charge is 0.0948 e. The standard InChI is InChI=1S/C20H23B.C10H15N3/c1-16-10-5-7-12-18(16)20(14-4-3-9-15-21)19-13-8-6-11-17(19)2;1-3-4-10-6-12-8-13(10)7-9(2)5-11/h3-8,10-13,20H,9,14-15H2,1-2H3;6,8-9H,3-4,7H2,1-2H3. The minimum absolute atomic E-state index is 0.0600. The van der Waals surface area contributed by atoms with Gasteiger partial charge in [0.2, 0.25) is 0 Å². The molecule has 3 rings (SSSR count). The third-order valence-electron chi connectivity index (χ3n) is 6.00. The number of nitriles is 1. The highest BCUT2D eigenvalue weighted by Gasteiger charge is 2.16. The number of hydrogen-bond acceptors (Lipinski definition) is 2. The van der Waals surface area contributed by atoms with Crippen molar-refractivity contribution in [1.29, 1.82) is 5.26 Å². The molecular weight excluding hydrogens is 413 g/mol. The van der Waals surface area contributed by atoms with Crippen LogP contribution in [0, 0.1) is 31.1 Å². The molecule has 1 heterocycles. The summed E-state index contributed by atoms with van der Waals surface area (Å²) in [6.45, 7) is 9.22. The Morgan fingerprint density at radius 2 is 1.65 bits per heavy atom. The highest BCUT2D eigenvalue weighted by atomic mass is 15.0. The maximum absolute atomic E-state index is 8.67. The van der Waals surface area contributed by atoms with Gasteiger partial charge in [0.25, 0.3) is 0 Å². The summed E-state index contributed by atoms with van der Waals surface area (Å²) in [4.78, 5) is 4.08. The first-order valence-corrected chi connectivity index (χ1v) is 12.4. The SMILES string of the molecule is CCCc1cncn1CC(C)C#N.[B]CCC=CCC(c1ccccc1C)c1ccccc1C. The van der Waals surface area contributed by atoms with E-state index < -0.39 is 0 Å². The van der Waals surface area contributed by atoms with Crippen LogP contribution >= 0.6 is 0 Å². The van der Waals surface area contributed by atoms with E-state index in [0.717, 1.165) is 38.5 Å². The maximum atomic E-state index is 8.67. The Morgan fingerprint density at radius 3 is 2.18 bits per heavy atom. The number of aryl methyl sites for hydroxylation is 3. The quantitative estimate of drug-likeness (QED) is 0.239. The molecule has 1 atom stereocenters. The van der Waals surface area contributed by atoms with E-state index >= 15 is 0 Å². The van der Waals surface area contributed by atoms with Crippen molar-refractivity contribution >= 4 is 7.85 Å². The molecule has 0 saturated heterocycles. The lowest BCUT2D eigenvalue weighted by Crippen LogP contribution is -2.07. The van der Waals surface area contributed by atoms with Crippen LogP contribution in [0.25, 0.3) is 0 Å². The highest BCUT2D eigenvalue weighted by Crippen LogP contribution is 2.32. The first kappa shape index (κ1) is 27.2. The fraction of sp³-hybridized carbons (Fsp3) is 0.400. The summed E-state index contributed by atoms with van der Waals surface area (Å²) in [5.74, 6) is 0.478.